The predicted molar refractivity (Wildman–Crippen MR) is 75.4 cm³/mol. The molecule has 3 nitrogen and oxygen atoms in total. The molecule has 2 rings (SSSR count). The lowest BCUT2D eigenvalue weighted by Gasteiger charge is -2.02. The maximum absolute atomic E-state index is 11.7. The molecule has 1 aromatic carbocycles. The first-order valence-electron chi connectivity index (χ1n) is 6.61. The Morgan fingerprint density at radius 1 is 1.11 bits per heavy atom. The molecule has 0 saturated heterocycles. The van der Waals surface area contributed by atoms with Crippen LogP contribution in [-0.2, 0) is 11.3 Å². The molecule has 0 aliphatic heterocycles. The highest BCUT2D eigenvalue weighted by Gasteiger charge is 2.09. The van der Waals surface area contributed by atoms with Gasteiger partial charge in [-0.05, 0) is 18.1 Å². The summed E-state index contributed by atoms with van der Waals surface area (Å²) in [6.45, 7) is 3.14. The molecular formula is C16H19N2O+. The van der Waals surface area contributed by atoms with E-state index in [4.69, 9.17) is 0 Å². The normalized spacial score (nSPS) is 10.2. The van der Waals surface area contributed by atoms with Crippen molar-refractivity contribution in [3.8, 4) is 11.1 Å². The maximum atomic E-state index is 11.7. The zero-order chi connectivity index (χ0) is 13.5. The van der Waals surface area contributed by atoms with E-state index >= 15 is 0 Å². The van der Waals surface area contributed by atoms with Gasteiger partial charge >= 0.3 is 0 Å². The quantitative estimate of drug-likeness (QED) is 0.816. The fourth-order valence-electron chi connectivity index (χ4n) is 1.91. The molecule has 0 atom stereocenters. The second kappa shape index (κ2) is 6.69. The molecule has 98 valence electrons. The van der Waals surface area contributed by atoms with E-state index in [1.807, 2.05) is 48.1 Å². The molecule has 3 heteroatoms. The minimum Gasteiger partial charge on any atom is -0.351 e. The average Bonchev–Trinajstić information content (AvgIpc) is 2.46. The van der Waals surface area contributed by atoms with Gasteiger partial charge in [-0.15, -0.1) is 0 Å². The lowest BCUT2D eigenvalue weighted by molar-refractivity contribution is -0.684. The second-order valence-electron chi connectivity index (χ2n) is 4.48. The van der Waals surface area contributed by atoms with Crippen molar-refractivity contribution in [1.82, 2.24) is 5.32 Å². The van der Waals surface area contributed by atoms with Gasteiger partial charge in [0, 0.05) is 18.2 Å². The van der Waals surface area contributed by atoms with Crippen LogP contribution in [0.25, 0.3) is 11.1 Å². The molecule has 0 radical (unpaired) electrons. The number of benzene rings is 1. The Morgan fingerprint density at radius 2 is 1.84 bits per heavy atom. The van der Waals surface area contributed by atoms with Crippen molar-refractivity contribution in [2.75, 3.05) is 6.54 Å². The van der Waals surface area contributed by atoms with Crippen molar-refractivity contribution in [3.05, 3.63) is 54.9 Å². The third-order valence-electron chi connectivity index (χ3n) is 2.86. The number of aromatic nitrogens is 1. The molecule has 0 fully saturated rings. The van der Waals surface area contributed by atoms with Crippen LogP contribution in [0.2, 0.25) is 0 Å². The molecule has 0 unspecified atom stereocenters. The molecule has 1 N–H and O–H groups in total. The first-order valence-corrected chi connectivity index (χ1v) is 6.61. The number of carbonyl (C=O) groups is 1. The standard InChI is InChI=1S/C16H18N2O/c1-2-10-17-16(19)13-18-11-6-9-15(12-18)14-7-4-3-5-8-14/h3-9,11-12H,2,10,13H2,1H3/p+1. The van der Waals surface area contributed by atoms with Crippen molar-refractivity contribution in [2.24, 2.45) is 0 Å². The highest BCUT2D eigenvalue weighted by atomic mass is 16.1. The fraction of sp³-hybridized carbons (Fsp3) is 0.250. The summed E-state index contributed by atoms with van der Waals surface area (Å²) < 4.78 is 1.91. The van der Waals surface area contributed by atoms with Crippen LogP contribution in [0.3, 0.4) is 0 Å². The van der Waals surface area contributed by atoms with E-state index in [9.17, 15) is 4.79 Å². The Bertz CT molecular complexity index is 537. The minimum absolute atomic E-state index is 0.0528. The summed E-state index contributed by atoms with van der Waals surface area (Å²) in [7, 11) is 0. The van der Waals surface area contributed by atoms with Gasteiger partial charge in [0.15, 0.2) is 12.4 Å². The van der Waals surface area contributed by atoms with E-state index in [0.29, 0.717) is 6.54 Å². The van der Waals surface area contributed by atoms with Gasteiger partial charge in [-0.3, -0.25) is 4.79 Å². The molecule has 19 heavy (non-hydrogen) atoms. The van der Waals surface area contributed by atoms with E-state index < -0.39 is 0 Å². The Kier molecular flexibility index (Phi) is 4.67. The van der Waals surface area contributed by atoms with Crippen LogP contribution in [-0.4, -0.2) is 12.5 Å². The van der Waals surface area contributed by atoms with Gasteiger partial charge in [0.2, 0.25) is 6.54 Å². The Labute approximate surface area is 113 Å². The topological polar surface area (TPSA) is 33.0 Å². The van der Waals surface area contributed by atoms with Crippen LogP contribution in [0.5, 0.6) is 0 Å². The smallest absolute Gasteiger partial charge is 0.285 e. The van der Waals surface area contributed by atoms with Crippen molar-refractivity contribution in [2.45, 2.75) is 19.9 Å². The minimum atomic E-state index is 0.0528. The fourth-order valence-corrected chi connectivity index (χ4v) is 1.91. The largest absolute Gasteiger partial charge is 0.351 e. The number of carbonyl (C=O) groups excluding carboxylic acids is 1. The zero-order valence-electron chi connectivity index (χ0n) is 11.2. The first-order chi connectivity index (χ1) is 9.29. The summed E-state index contributed by atoms with van der Waals surface area (Å²) >= 11 is 0. The number of amides is 1. The number of pyridine rings is 1. The third-order valence-corrected chi connectivity index (χ3v) is 2.86. The van der Waals surface area contributed by atoms with E-state index in [2.05, 4.69) is 23.5 Å². The number of hydrogen-bond acceptors (Lipinski definition) is 1. The van der Waals surface area contributed by atoms with Crippen LogP contribution >= 0.6 is 0 Å². The van der Waals surface area contributed by atoms with Crippen molar-refractivity contribution in [1.29, 1.82) is 0 Å². The van der Waals surface area contributed by atoms with E-state index in [1.54, 1.807) is 0 Å². The van der Waals surface area contributed by atoms with Crippen LogP contribution < -0.4 is 9.88 Å². The van der Waals surface area contributed by atoms with Gasteiger partial charge in [-0.25, -0.2) is 0 Å². The summed E-state index contributed by atoms with van der Waals surface area (Å²) in [4.78, 5) is 11.7. The van der Waals surface area contributed by atoms with Crippen LogP contribution in [0.1, 0.15) is 13.3 Å². The van der Waals surface area contributed by atoms with E-state index in [1.165, 1.54) is 0 Å². The van der Waals surface area contributed by atoms with Gasteiger partial charge in [0.1, 0.15) is 0 Å². The Balaban J connectivity index is 2.10. The molecule has 0 aliphatic carbocycles. The first kappa shape index (κ1) is 13.3. The molecule has 1 amide bonds. The molecule has 2 aromatic rings. The number of nitrogens with one attached hydrogen (secondary N) is 1. The van der Waals surface area contributed by atoms with E-state index in [0.717, 1.165) is 24.1 Å². The Hall–Kier alpha value is -2.16. The lowest BCUT2D eigenvalue weighted by atomic mass is 10.1. The summed E-state index contributed by atoms with van der Waals surface area (Å²) in [5.41, 5.74) is 2.28. The summed E-state index contributed by atoms with van der Waals surface area (Å²) in [6, 6.07) is 14.2. The van der Waals surface area contributed by atoms with E-state index in [-0.39, 0.29) is 5.91 Å². The predicted octanol–water partition coefficient (Wildman–Crippen LogP) is 2.17. The van der Waals surface area contributed by atoms with Gasteiger partial charge < -0.3 is 5.32 Å². The van der Waals surface area contributed by atoms with Gasteiger partial charge in [0.05, 0.1) is 0 Å². The molecule has 1 heterocycles. The molecule has 0 spiro atoms. The SMILES string of the molecule is CCCNC(=O)C[n+]1cccc(-c2ccccc2)c1. The highest BCUT2D eigenvalue weighted by Crippen LogP contribution is 2.15. The van der Waals surface area contributed by atoms with Gasteiger partial charge in [0.25, 0.3) is 5.91 Å². The highest BCUT2D eigenvalue weighted by molar-refractivity contribution is 5.74. The second-order valence-corrected chi connectivity index (χ2v) is 4.48. The van der Waals surface area contributed by atoms with Crippen molar-refractivity contribution in [3.63, 3.8) is 0 Å². The summed E-state index contributed by atoms with van der Waals surface area (Å²) in [6.07, 6.45) is 4.87. The molecule has 1 aromatic heterocycles. The number of hydrogen-bond donors (Lipinski definition) is 1. The maximum Gasteiger partial charge on any atom is 0.285 e. The summed E-state index contributed by atoms with van der Waals surface area (Å²) in [5, 5.41) is 2.88. The van der Waals surface area contributed by atoms with Gasteiger partial charge in [-0.2, -0.15) is 4.57 Å². The average molecular weight is 255 g/mol. The van der Waals surface area contributed by atoms with Gasteiger partial charge in [-0.1, -0.05) is 37.3 Å². The molecular weight excluding hydrogens is 236 g/mol. The lowest BCUT2D eigenvalue weighted by Crippen LogP contribution is -2.42. The molecule has 0 bridgehead atoms. The van der Waals surface area contributed by atoms with Crippen LogP contribution in [0, 0.1) is 0 Å². The molecule has 0 saturated carbocycles. The Morgan fingerprint density at radius 3 is 2.58 bits per heavy atom. The number of nitrogens with zero attached hydrogens (tertiary/aromatic N) is 1. The monoisotopic (exact) mass is 255 g/mol. The molecule has 0 aliphatic rings. The number of rotatable bonds is 5. The van der Waals surface area contributed by atoms with Crippen molar-refractivity contribution < 1.29 is 9.36 Å². The van der Waals surface area contributed by atoms with Crippen molar-refractivity contribution >= 4 is 5.91 Å². The third kappa shape index (κ3) is 3.91. The van der Waals surface area contributed by atoms with Crippen LogP contribution in [0.4, 0.5) is 0 Å². The van der Waals surface area contributed by atoms with Crippen LogP contribution in [0.15, 0.2) is 54.9 Å². The summed E-state index contributed by atoms with van der Waals surface area (Å²) in [5.74, 6) is 0.0528. The zero-order valence-corrected chi connectivity index (χ0v) is 11.2.